The molecule has 0 spiro atoms. The van der Waals surface area contributed by atoms with Crippen molar-refractivity contribution in [3.63, 3.8) is 0 Å². The monoisotopic (exact) mass is 374 g/mol. The zero-order valence-electron chi connectivity index (χ0n) is 15.9. The molecule has 1 saturated heterocycles. The Kier molecular flexibility index (Phi) is 7.75. The van der Waals surface area contributed by atoms with Crippen LogP contribution in [-0.2, 0) is 9.59 Å². The molecule has 0 unspecified atom stereocenters. The van der Waals surface area contributed by atoms with Gasteiger partial charge in [0.25, 0.3) is 5.91 Å². The van der Waals surface area contributed by atoms with E-state index in [1.807, 2.05) is 18.2 Å². The van der Waals surface area contributed by atoms with Crippen LogP contribution in [0.15, 0.2) is 35.3 Å². The molecule has 6 N–H and O–H groups in total. The minimum Gasteiger partial charge on any atom is -0.369 e. The fourth-order valence-electron chi connectivity index (χ4n) is 3.17. The van der Waals surface area contributed by atoms with Crippen LogP contribution in [0.2, 0.25) is 0 Å². The van der Waals surface area contributed by atoms with E-state index < -0.39 is 12.1 Å². The maximum atomic E-state index is 13.3. The first-order valence-corrected chi connectivity index (χ1v) is 9.42. The maximum absolute atomic E-state index is 13.3. The van der Waals surface area contributed by atoms with Crippen molar-refractivity contribution in [3.8, 4) is 0 Å². The van der Waals surface area contributed by atoms with Crippen molar-refractivity contribution in [1.29, 1.82) is 0 Å². The summed E-state index contributed by atoms with van der Waals surface area (Å²) in [7, 11) is 0. The van der Waals surface area contributed by atoms with Crippen LogP contribution in [-0.4, -0.2) is 54.4 Å². The molecule has 1 heterocycles. The van der Waals surface area contributed by atoms with Crippen LogP contribution < -0.4 is 22.1 Å². The molecule has 2 amide bonds. The second-order valence-electron chi connectivity index (χ2n) is 6.72. The van der Waals surface area contributed by atoms with Crippen LogP contribution >= 0.6 is 0 Å². The van der Waals surface area contributed by atoms with E-state index in [1.54, 1.807) is 24.0 Å². The molecule has 148 valence electrons. The lowest BCUT2D eigenvalue weighted by atomic mass is 10.1. The van der Waals surface area contributed by atoms with Crippen molar-refractivity contribution < 1.29 is 9.59 Å². The third-order valence-corrected chi connectivity index (χ3v) is 4.56. The van der Waals surface area contributed by atoms with Crippen molar-refractivity contribution in [1.82, 2.24) is 4.90 Å². The zero-order valence-corrected chi connectivity index (χ0v) is 15.9. The number of hydrogen-bond donors (Lipinski definition) is 3. The topological polar surface area (TPSA) is 131 Å². The van der Waals surface area contributed by atoms with Gasteiger partial charge in [0.2, 0.25) is 11.9 Å². The van der Waals surface area contributed by atoms with Crippen LogP contribution in [0.25, 0.3) is 0 Å². The summed E-state index contributed by atoms with van der Waals surface area (Å²) in [4.78, 5) is 33.0. The Balaban J connectivity index is 2.27. The molecule has 1 aromatic carbocycles. The van der Waals surface area contributed by atoms with Crippen molar-refractivity contribution in [2.75, 3.05) is 24.5 Å². The smallest absolute Gasteiger partial charge is 0.256 e. The van der Waals surface area contributed by atoms with Gasteiger partial charge >= 0.3 is 0 Å². The normalized spacial score (nSPS) is 18.4. The number of nitrogens with two attached hydrogens (primary N) is 3. The molecule has 2 atom stereocenters. The predicted molar refractivity (Wildman–Crippen MR) is 107 cm³/mol. The van der Waals surface area contributed by atoms with Crippen LogP contribution in [0.1, 0.15) is 32.6 Å². The molecule has 1 aliphatic rings. The zero-order chi connectivity index (χ0) is 19.8. The Morgan fingerprint density at radius 3 is 2.63 bits per heavy atom. The Labute approximate surface area is 160 Å². The van der Waals surface area contributed by atoms with Gasteiger partial charge in [-0.15, -0.1) is 0 Å². The Hall–Kier alpha value is -2.45. The predicted octanol–water partition coefficient (Wildman–Crippen LogP) is 0.411. The molecule has 0 aromatic heterocycles. The van der Waals surface area contributed by atoms with Gasteiger partial charge in [-0.1, -0.05) is 18.2 Å². The summed E-state index contributed by atoms with van der Waals surface area (Å²) >= 11 is 0. The maximum Gasteiger partial charge on any atom is 0.256 e. The molecule has 0 radical (unpaired) electrons. The lowest BCUT2D eigenvalue weighted by Crippen LogP contribution is -2.54. The minimum absolute atomic E-state index is 0.128. The number of amides is 2. The van der Waals surface area contributed by atoms with E-state index in [0.29, 0.717) is 31.7 Å². The van der Waals surface area contributed by atoms with E-state index >= 15 is 0 Å². The van der Waals surface area contributed by atoms with Crippen LogP contribution in [0.3, 0.4) is 0 Å². The molecule has 2 rings (SSSR count). The number of likely N-dealkylation sites (tertiary alicyclic amines) is 1. The third kappa shape index (κ3) is 5.27. The number of para-hydroxylation sites is 1. The van der Waals surface area contributed by atoms with Gasteiger partial charge in [0, 0.05) is 13.1 Å². The van der Waals surface area contributed by atoms with E-state index in [2.05, 4.69) is 4.99 Å². The van der Waals surface area contributed by atoms with Crippen LogP contribution in [0.4, 0.5) is 5.69 Å². The largest absolute Gasteiger partial charge is 0.369 e. The van der Waals surface area contributed by atoms with Gasteiger partial charge in [-0.3, -0.25) is 14.6 Å². The molecule has 27 heavy (non-hydrogen) atoms. The highest BCUT2D eigenvalue weighted by Crippen LogP contribution is 2.23. The molecule has 1 aliphatic heterocycles. The second kappa shape index (κ2) is 10.0. The van der Waals surface area contributed by atoms with Crippen molar-refractivity contribution in [3.05, 3.63) is 30.3 Å². The number of benzene rings is 1. The van der Waals surface area contributed by atoms with Gasteiger partial charge in [0.05, 0.1) is 11.7 Å². The van der Waals surface area contributed by atoms with Crippen molar-refractivity contribution in [2.45, 2.75) is 44.7 Å². The highest BCUT2D eigenvalue weighted by molar-refractivity contribution is 6.17. The van der Waals surface area contributed by atoms with Crippen molar-refractivity contribution >= 4 is 23.5 Å². The first-order chi connectivity index (χ1) is 13.0. The number of hydrogen-bond acceptors (Lipinski definition) is 5. The number of rotatable bonds is 7. The van der Waals surface area contributed by atoms with Gasteiger partial charge in [0.1, 0.15) is 6.04 Å². The Bertz CT molecular complexity index is 661. The molecule has 0 bridgehead atoms. The number of carbonyl (C=O) groups excluding carboxylic acids is 2. The quantitative estimate of drug-likeness (QED) is 0.361. The summed E-state index contributed by atoms with van der Waals surface area (Å²) in [6.45, 7) is 3.23. The number of aliphatic imine (C=N–C) groups is 1. The highest BCUT2D eigenvalue weighted by atomic mass is 16.2. The van der Waals surface area contributed by atoms with Gasteiger partial charge in [-0.05, 0) is 51.3 Å². The average molecular weight is 374 g/mol. The SMILES string of the molecule is C[C@H](N)C(=O)N1CCC[C@H]1C(=O)N(C(N)=NCCCCN)c1ccccc1. The Morgan fingerprint density at radius 2 is 2.00 bits per heavy atom. The fraction of sp³-hybridized carbons (Fsp3) is 0.526. The molecule has 0 aliphatic carbocycles. The number of unbranched alkanes of at least 4 members (excludes halogenated alkanes) is 1. The lowest BCUT2D eigenvalue weighted by Gasteiger charge is -2.30. The molecular weight excluding hydrogens is 344 g/mol. The summed E-state index contributed by atoms with van der Waals surface area (Å²) in [5, 5.41) is 0. The fourth-order valence-corrected chi connectivity index (χ4v) is 3.17. The third-order valence-electron chi connectivity index (χ3n) is 4.56. The summed E-state index contributed by atoms with van der Waals surface area (Å²) in [6.07, 6.45) is 2.98. The van der Waals surface area contributed by atoms with Gasteiger partial charge in [0.15, 0.2) is 0 Å². The first-order valence-electron chi connectivity index (χ1n) is 9.42. The van der Waals surface area contributed by atoms with E-state index in [4.69, 9.17) is 17.2 Å². The summed E-state index contributed by atoms with van der Waals surface area (Å²) in [5.74, 6) is -0.353. The van der Waals surface area contributed by atoms with Crippen molar-refractivity contribution in [2.24, 2.45) is 22.2 Å². The molecule has 8 heteroatoms. The molecule has 1 fully saturated rings. The van der Waals surface area contributed by atoms with Gasteiger partial charge < -0.3 is 22.1 Å². The van der Waals surface area contributed by atoms with E-state index in [1.165, 1.54) is 4.90 Å². The lowest BCUT2D eigenvalue weighted by molar-refractivity contribution is -0.137. The second-order valence-corrected chi connectivity index (χ2v) is 6.72. The number of nitrogens with zero attached hydrogens (tertiary/aromatic N) is 3. The van der Waals surface area contributed by atoms with Gasteiger partial charge in [-0.2, -0.15) is 0 Å². The standard InChI is InChI=1S/C19H30N6O2/c1-14(21)17(26)24-13-7-10-16(24)18(27)25(15-8-3-2-4-9-15)19(22)23-12-6-5-11-20/h2-4,8-9,14,16H,5-7,10-13,20-21H2,1H3,(H2,22,23)/t14-,16-/m0/s1. The molecule has 1 aromatic rings. The summed E-state index contributed by atoms with van der Waals surface area (Å²) in [6, 6.07) is 7.89. The van der Waals surface area contributed by atoms with E-state index in [9.17, 15) is 9.59 Å². The van der Waals surface area contributed by atoms with E-state index in [0.717, 1.165) is 19.3 Å². The van der Waals surface area contributed by atoms with Crippen LogP contribution in [0, 0.1) is 0 Å². The van der Waals surface area contributed by atoms with Gasteiger partial charge in [-0.25, -0.2) is 4.90 Å². The average Bonchev–Trinajstić information content (AvgIpc) is 3.15. The summed E-state index contributed by atoms with van der Waals surface area (Å²) < 4.78 is 0. The van der Waals surface area contributed by atoms with E-state index in [-0.39, 0.29) is 17.8 Å². The number of guanidine groups is 1. The minimum atomic E-state index is -0.647. The number of anilines is 1. The first kappa shape index (κ1) is 20.9. The molecular formula is C19H30N6O2. The summed E-state index contributed by atoms with van der Waals surface area (Å²) in [5.41, 5.74) is 18.1. The highest BCUT2D eigenvalue weighted by Gasteiger charge is 2.38. The van der Waals surface area contributed by atoms with Crippen LogP contribution in [0.5, 0.6) is 0 Å². The molecule has 0 saturated carbocycles. The molecule has 8 nitrogen and oxygen atoms in total. The number of carbonyl (C=O) groups is 2. The Morgan fingerprint density at radius 1 is 1.30 bits per heavy atom.